The summed E-state index contributed by atoms with van der Waals surface area (Å²) in [5.74, 6) is 0.850. The summed E-state index contributed by atoms with van der Waals surface area (Å²) in [5, 5.41) is 7.96. The lowest BCUT2D eigenvalue weighted by molar-refractivity contribution is 0.307. The number of aryl methyl sites for hydroxylation is 2. The van der Waals surface area contributed by atoms with Crippen molar-refractivity contribution in [3.8, 4) is 5.75 Å². The van der Waals surface area contributed by atoms with Gasteiger partial charge in [-0.2, -0.15) is 10.2 Å². The maximum absolute atomic E-state index is 5.63. The van der Waals surface area contributed by atoms with Crippen LogP contribution in [-0.4, -0.2) is 16.8 Å². The van der Waals surface area contributed by atoms with Crippen molar-refractivity contribution < 1.29 is 4.74 Å². The zero-order valence-corrected chi connectivity index (χ0v) is 9.66. The Labute approximate surface area is 91.2 Å². The molecule has 0 N–H and O–H groups in total. The standard InChI is InChI=1S/C12H18N2O/c1-4-5-6-7-8-15-12-9-10(2)13-14-11(12)3/h4-5,9H,6-8H2,1-3H3/b5-4+. The number of allylic oxidation sites excluding steroid dienone is 2. The number of rotatable bonds is 5. The van der Waals surface area contributed by atoms with Gasteiger partial charge in [-0.05, 0) is 33.6 Å². The van der Waals surface area contributed by atoms with Gasteiger partial charge >= 0.3 is 0 Å². The summed E-state index contributed by atoms with van der Waals surface area (Å²) in [6, 6.07) is 1.93. The molecule has 0 saturated carbocycles. The van der Waals surface area contributed by atoms with Crippen molar-refractivity contribution in [1.82, 2.24) is 10.2 Å². The van der Waals surface area contributed by atoms with Crippen LogP contribution in [0.4, 0.5) is 0 Å². The van der Waals surface area contributed by atoms with Crippen LogP contribution in [0.1, 0.15) is 31.2 Å². The van der Waals surface area contributed by atoms with Gasteiger partial charge in [-0.15, -0.1) is 0 Å². The monoisotopic (exact) mass is 206 g/mol. The van der Waals surface area contributed by atoms with Gasteiger partial charge < -0.3 is 4.74 Å². The van der Waals surface area contributed by atoms with Gasteiger partial charge in [0.05, 0.1) is 12.3 Å². The summed E-state index contributed by atoms with van der Waals surface area (Å²) in [5.41, 5.74) is 1.75. The highest BCUT2D eigenvalue weighted by atomic mass is 16.5. The topological polar surface area (TPSA) is 35.0 Å². The fourth-order valence-electron chi connectivity index (χ4n) is 1.22. The molecule has 82 valence electrons. The number of hydrogen-bond acceptors (Lipinski definition) is 3. The van der Waals surface area contributed by atoms with E-state index in [0.717, 1.165) is 36.6 Å². The van der Waals surface area contributed by atoms with E-state index in [4.69, 9.17) is 4.74 Å². The molecule has 0 bridgehead atoms. The highest BCUT2D eigenvalue weighted by molar-refractivity contribution is 5.26. The maximum atomic E-state index is 5.63. The minimum Gasteiger partial charge on any atom is -0.492 e. The van der Waals surface area contributed by atoms with Crippen molar-refractivity contribution in [3.05, 3.63) is 29.6 Å². The first kappa shape index (κ1) is 11.7. The molecule has 0 unspecified atom stereocenters. The van der Waals surface area contributed by atoms with Gasteiger partial charge in [-0.1, -0.05) is 12.2 Å². The van der Waals surface area contributed by atoms with Crippen molar-refractivity contribution in [2.45, 2.75) is 33.6 Å². The predicted octanol–water partition coefficient (Wildman–Crippen LogP) is 2.83. The molecule has 0 aliphatic carbocycles. The van der Waals surface area contributed by atoms with Crippen molar-refractivity contribution >= 4 is 0 Å². The quantitative estimate of drug-likeness (QED) is 0.549. The number of nitrogens with zero attached hydrogens (tertiary/aromatic N) is 2. The molecular formula is C12H18N2O. The van der Waals surface area contributed by atoms with Gasteiger partial charge in [0.15, 0.2) is 0 Å². The second-order valence-corrected chi connectivity index (χ2v) is 3.50. The number of aromatic nitrogens is 2. The average molecular weight is 206 g/mol. The van der Waals surface area contributed by atoms with Crippen molar-refractivity contribution in [2.24, 2.45) is 0 Å². The lowest BCUT2D eigenvalue weighted by atomic mass is 10.3. The number of hydrogen-bond donors (Lipinski definition) is 0. The Morgan fingerprint density at radius 1 is 1.33 bits per heavy atom. The minimum atomic E-state index is 0.732. The fourth-order valence-corrected chi connectivity index (χ4v) is 1.22. The summed E-state index contributed by atoms with van der Waals surface area (Å²) < 4.78 is 5.63. The Morgan fingerprint density at radius 2 is 2.13 bits per heavy atom. The SMILES string of the molecule is C/C=C/CCCOc1cc(C)nnc1C. The van der Waals surface area contributed by atoms with Crippen LogP contribution in [0.5, 0.6) is 5.75 Å². The van der Waals surface area contributed by atoms with E-state index in [0.29, 0.717) is 0 Å². The molecule has 1 aromatic rings. The maximum Gasteiger partial charge on any atom is 0.144 e. The largest absolute Gasteiger partial charge is 0.492 e. The van der Waals surface area contributed by atoms with Gasteiger partial charge in [0.25, 0.3) is 0 Å². The Kier molecular flexibility index (Phi) is 4.81. The van der Waals surface area contributed by atoms with E-state index >= 15 is 0 Å². The van der Waals surface area contributed by atoms with E-state index in [-0.39, 0.29) is 0 Å². The molecule has 3 nitrogen and oxygen atoms in total. The molecule has 0 saturated heterocycles. The van der Waals surface area contributed by atoms with E-state index in [1.54, 1.807) is 0 Å². The van der Waals surface area contributed by atoms with Gasteiger partial charge in [0, 0.05) is 6.07 Å². The Morgan fingerprint density at radius 3 is 2.87 bits per heavy atom. The van der Waals surface area contributed by atoms with Crippen LogP contribution in [-0.2, 0) is 0 Å². The molecule has 0 radical (unpaired) electrons. The molecule has 0 amide bonds. The molecule has 0 spiro atoms. The van der Waals surface area contributed by atoms with Crippen molar-refractivity contribution in [2.75, 3.05) is 6.61 Å². The summed E-state index contributed by atoms with van der Waals surface area (Å²) >= 11 is 0. The summed E-state index contributed by atoms with van der Waals surface area (Å²) in [6.07, 6.45) is 6.30. The Bertz CT molecular complexity index is 334. The predicted molar refractivity (Wildman–Crippen MR) is 61.0 cm³/mol. The third kappa shape index (κ3) is 4.11. The van der Waals surface area contributed by atoms with Crippen LogP contribution >= 0.6 is 0 Å². The summed E-state index contributed by atoms with van der Waals surface area (Å²) in [7, 11) is 0. The fraction of sp³-hybridized carbons (Fsp3) is 0.500. The number of ether oxygens (including phenoxy) is 1. The lowest BCUT2D eigenvalue weighted by Crippen LogP contribution is -2.01. The highest BCUT2D eigenvalue weighted by Gasteiger charge is 2.01. The van der Waals surface area contributed by atoms with Gasteiger partial charge in [-0.3, -0.25) is 0 Å². The third-order valence-corrected chi connectivity index (χ3v) is 2.06. The first-order valence-corrected chi connectivity index (χ1v) is 5.29. The van der Waals surface area contributed by atoms with E-state index < -0.39 is 0 Å². The molecule has 1 heterocycles. The van der Waals surface area contributed by atoms with E-state index in [1.807, 2.05) is 26.8 Å². The molecule has 0 fully saturated rings. The van der Waals surface area contributed by atoms with Crippen LogP contribution in [0.2, 0.25) is 0 Å². The van der Waals surface area contributed by atoms with E-state index in [9.17, 15) is 0 Å². The average Bonchev–Trinajstić information content (AvgIpc) is 2.23. The summed E-state index contributed by atoms with van der Waals surface area (Å²) in [6.45, 7) is 6.59. The van der Waals surface area contributed by atoms with Crippen molar-refractivity contribution in [3.63, 3.8) is 0 Å². The Hall–Kier alpha value is -1.38. The van der Waals surface area contributed by atoms with Crippen LogP contribution < -0.4 is 4.74 Å². The van der Waals surface area contributed by atoms with Gasteiger partial charge in [0.2, 0.25) is 0 Å². The molecule has 0 aliphatic rings. The lowest BCUT2D eigenvalue weighted by Gasteiger charge is -2.07. The molecule has 3 heteroatoms. The van der Waals surface area contributed by atoms with Gasteiger partial charge in [-0.25, -0.2) is 0 Å². The van der Waals surface area contributed by atoms with Crippen LogP contribution in [0, 0.1) is 13.8 Å². The summed E-state index contributed by atoms with van der Waals surface area (Å²) in [4.78, 5) is 0. The normalized spacial score (nSPS) is 10.9. The smallest absolute Gasteiger partial charge is 0.144 e. The molecule has 1 rings (SSSR count). The second-order valence-electron chi connectivity index (χ2n) is 3.50. The molecular weight excluding hydrogens is 188 g/mol. The number of unbranched alkanes of at least 4 members (excludes halogenated alkanes) is 1. The first-order valence-electron chi connectivity index (χ1n) is 5.29. The molecule has 1 aromatic heterocycles. The van der Waals surface area contributed by atoms with Crippen LogP contribution in [0.25, 0.3) is 0 Å². The zero-order valence-electron chi connectivity index (χ0n) is 9.66. The van der Waals surface area contributed by atoms with E-state index in [1.165, 1.54) is 0 Å². The van der Waals surface area contributed by atoms with Crippen LogP contribution in [0.15, 0.2) is 18.2 Å². The molecule has 0 atom stereocenters. The zero-order chi connectivity index (χ0) is 11.1. The van der Waals surface area contributed by atoms with Crippen LogP contribution in [0.3, 0.4) is 0 Å². The third-order valence-electron chi connectivity index (χ3n) is 2.06. The highest BCUT2D eigenvalue weighted by Crippen LogP contribution is 2.15. The van der Waals surface area contributed by atoms with E-state index in [2.05, 4.69) is 22.3 Å². The second kappa shape index (κ2) is 6.17. The Balaban J connectivity index is 2.40. The minimum absolute atomic E-state index is 0.732. The van der Waals surface area contributed by atoms with Crippen molar-refractivity contribution in [1.29, 1.82) is 0 Å². The van der Waals surface area contributed by atoms with Gasteiger partial charge in [0.1, 0.15) is 11.4 Å². The first-order chi connectivity index (χ1) is 7.24. The molecule has 0 aliphatic heterocycles. The molecule has 0 aromatic carbocycles. The molecule has 15 heavy (non-hydrogen) atoms.